The fourth-order valence-electron chi connectivity index (χ4n) is 8.90. The lowest BCUT2D eigenvalue weighted by molar-refractivity contribution is -0.0435. The van der Waals surface area contributed by atoms with Crippen LogP contribution in [0.1, 0.15) is 48.5 Å². The van der Waals surface area contributed by atoms with Gasteiger partial charge in [-0.1, -0.05) is 36.2 Å². The maximum atomic E-state index is 14.0. The van der Waals surface area contributed by atoms with Crippen LogP contribution >= 0.6 is 11.6 Å². The van der Waals surface area contributed by atoms with Crippen LogP contribution in [-0.2, 0) is 24.6 Å². The van der Waals surface area contributed by atoms with Gasteiger partial charge in [0.1, 0.15) is 22.0 Å². The maximum Gasteiger partial charge on any atom is 0.501 e. The van der Waals surface area contributed by atoms with Gasteiger partial charge in [-0.2, -0.15) is 13.2 Å². The molecule has 0 saturated carbocycles. The van der Waals surface area contributed by atoms with Gasteiger partial charge in [0.05, 0.1) is 35.6 Å². The van der Waals surface area contributed by atoms with E-state index in [1.807, 2.05) is 16.9 Å². The van der Waals surface area contributed by atoms with Crippen molar-refractivity contribution in [2.24, 2.45) is 11.1 Å². The number of carbonyl (C=O) groups excluding carboxylic acids is 1. The molecule has 0 bridgehead atoms. The van der Waals surface area contributed by atoms with Crippen molar-refractivity contribution >= 4 is 65.3 Å². The molecule has 2 aliphatic heterocycles. The molecule has 1 aliphatic carbocycles. The van der Waals surface area contributed by atoms with Gasteiger partial charge < -0.3 is 30.4 Å². The van der Waals surface area contributed by atoms with Gasteiger partial charge in [0.15, 0.2) is 0 Å². The van der Waals surface area contributed by atoms with Crippen LogP contribution in [0.4, 0.5) is 24.5 Å². The van der Waals surface area contributed by atoms with Crippen LogP contribution in [0.5, 0.6) is 11.5 Å². The van der Waals surface area contributed by atoms with E-state index in [0.29, 0.717) is 86.7 Å². The Hall–Kier alpha value is -5.22. The first-order valence-corrected chi connectivity index (χ1v) is 25.7. The first-order chi connectivity index (χ1) is 32.4. The minimum absolute atomic E-state index is 0.0000361. The summed E-state index contributed by atoms with van der Waals surface area (Å²) >= 11 is 6.23. The zero-order chi connectivity index (χ0) is 48.3. The molecular weight excluding hydrogens is 945 g/mol. The number of H-pyrrole nitrogens is 1. The third kappa shape index (κ3) is 11.3. The van der Waals surface area contributed by atoms with Gasteiger partial charge in [0, 0.05) is 80.7 Å². The summed E-state index contributed by atoms with van der Waals surface area (Å²) in [6.45, 7) is 9.43. The number of anilines is 2. The number of nitrogens with two attached hydrogens (primary N) is 1. The van der Waals surface area contributed by atoms with Crippen molar-refractivity contribution in [3.05, 3.63) is 107 Å². The van der Waals surface area contributed by atoms with Crippen molar-refractivity contribution in [3.8, 4) is 11.5 Å². The number of pyridine rings is 1. The van der Waals surface area contributed by atoms with Crippen LogP contribution in [0.3, 0.4) is 0 Å². The van der Waals surface area contributed by atoms with Crippen LogP contribution in [-0.4, -0.2) is 127 Å². The molecule has 3 aliphatic rings. The SMILES string of the molecule is C[C@@]1(CN)CCC(c2ccc(Cl)cc2)=C(CN2CCN(c3ccc(C(=O)NS(=O)(=O)c4ccc(NCCCN5CCOCC5)c(S(=O)(=O)C(F)(F)F)c4)c(Oc4cnc5[nH]ccc5c4)c3)CC2)C1. The van der Waals surface area contributed by atoms with Crippen molar-refractivity contribution in [1.29, 1.82) is 0 Å². The molecule has 15 nitrogen and oxygen atoms in total. The molecule has 21 heteroatoms. The maximum absolute atomic E-state index is 14.0. The second kappa shape index (κ2) is 20.4. The highest BCUT2D eigenvalue weighted by Crippen LogP contribution is 2.43. The molecule has 1 amide bonds. The third-order valence-electron chi connectivity index (χ3n) is 12.9. The molecule has 68 heavy (non-hydrogen) atoms. The number of piperazine rings is 1. The topological polar surface area (TPSA) is 192 Å². The molecule has 5 N–H and O–H groups in total. The number of hydrogen-bond acceptors (Lipinski definition) is 13. The molecule has 4 heterocycles. The zero-order valence-corrected chi connectivity index (χ0v) is 39.8. The highest BCUT2D eigenvalue weighted by molar-refractivity contribution is 7.92. The van der Waals surface area contributed by atoms with Gasteiger partial charge in [-0.15, -0.1) is 0 Å². The first kappa shape index (κ1) is 49.2. The highest BCUT2D eigenvalue weighted by atomic mass is 35.5. The van der Waals surface area contributed by atoms with E-state index in [4.69, 9.17) is 26.8 Å². The Bertz CT molecular complexity index is 2890. The number of ether oxygens (including phenoxy) is 2. The van der Waals surface area contributed by atoms with Crippen LogP contribution in [0.2, 0.25) is 5.02 Å². The number of rotatable bonds is 16. The summed E-state index contributed by atoms with van der Waals surface area (Å²) in [5.74, 6) is -0.945. The number of carbonyl (C=O) groups is 1. The van der Waals surface area contributed by atoms with Crippen LogP contribution < -0.4 is 25.4 Å². The predicted molar refractivity (Wildman–Crippen MR) is 255 cm³/mol. The number of benzene rings is 3. The Balaban J connectivity index is 1.02. The van der Waals surface area contributed by atoms with Crippen LogP contribution in [0.15, 0.2) is 101 Å². The van der Waals surface area contributed by atoms with E-state index in [0.717, 1.165) is 56.6 Å². The summed E-state index contributed by atoms with van der Waals surface area (Å²) in [5, 5.41) is 4.12. The number of aromatic nitrogens is 2. The molecule has 2 saturated heterocycles. The van der Waals surface area contributed by atoms with E-state index < -0.39 is 46.8 Å². The average Bonchev–Trinajstić information content (AvgIpc) is 3.79. The Labute approximate surface area is 398 Å². The Morgan fingerprint density at radius 1 is 0.956 bits per heavy atom. The quantitative estimate of drug-likeness (QED) is 0.0722. The van der Waals surface area contributed by atoms with Gasteiger partial charge in [-0.25, -0.2) is 26.5 Å². The fraction of sp³-hybridized carbons (Fsp3) is 0.404. The molecule has 0 unspecified atom stereocenters. The van der Waals surface area contributed by atoms with Crippen LogP contribution in [0.25, 0.3) is 16.6 Å². The Morgan fingerprint density at radius 2 is 1.71 bits per heavy atom. The number of nitrogens with zero attached hydrogens (tertiary/aromatic N) is 4. The highest BCUT2D eigenvalue weighted by Gasteiger charge is 2.48. The van der Waals surface area contributed by atoms with Gasteiger partial charge in [0.2, 0.25) is 0 Å². The Morgan fingerprint density at radius 3 is 2.43 bits per heavy atom. The van der Waals surface area contributed by atoms with E-state index >= 15 is 0 Å². The normalized spacial score (nSPS) is 19.1. The zero-order valence-electron chi connectivity index (χ0n) is 37.4. The smallest absolute Gasteiger partial charge is 0.455 e. The predicted octanol–water partition coefficient (Wildman–Crippen LogP) is 7.28. The number of sulfone groups is 1. The number of morpholine rings is 1. The van der Waals surface area contributed by atoms with Gasteiger partial charge >= 0.3 is 5.51 Å². The fourth-order valence-corrected chi connectivity index (χ4v) is 11.1. The molecule has 2 fully saturated rings. The number of hydrogen-bond donors (Lipinski definition) is 4. The summed E-state index contributed by atoms with van der Waals surface area (Å²) in [4.78, 5) is 25.9. The number of aromatic amines is 1. The number of allylic oxidation sites excluding steroid dienone is 1. The summed E-state index contributed by atoms with van der Waals surface area (Å²) in [6, 6.07) is 18.4. The summed E-state index contributed by atoms with van der Waals surface area (Å²) in [6.07, 6.45) is 6.40. The lowest BCUT2D eigenvalue weighted by Gasteiger charge is -2.40. The lowest BCUT2D eigenvalue weighted by atomic mass is 9.71. The summed E-state index contributed by atoms with van der Waals surface area (Å²) in [7, 11) is -11.0. The van der Waals surface area contributed by atoms with Crippen LogP contribution in [0, 0.1) is 5.41 Å². The van der Waals surface area contributed by atoms with Crippen molar-refractivity contribution in [3.63, 3.8) is 0 Å². The number of halogens is 4. The number of amides is 1. The van der Waals surface area contributed by atoms with Crippen molar-refractivity contribution in [1.82, 2.24) is 24.5 Å². The van der Waals surface area contributed by atoms with Gasteiger partial charge in [-0.3, -0.25) is 14.6 Å². The molecule has 2 aromatic heterocycles. The van der Waals surface area contributed by atoms with E-state index in [1.165, 1.54) is 23.4 Å². The molecule has 5 aromatic rings. The summed E-state index contributed by atoms with van der Waals surface area (Å²) < 4.78 is 109. The van der Waals surface area contributed by atoms with Crippen molar-refractivity contribution in [2.45, 2.75) is 47.9 Å². The molecule has 1 atom stereocenters. The second-order valence-electron chi connectivity index (χ2n) is 17.7. The minimum atomic E-state index is -6.04. The van der Waals surface area contributed by atoms with Crippen molar-refractivity contribution < 1.29 is 44.3 Å². The monoisotopic (exact) mass is 998 g/mol. The minimum Gasteiger partial charge on any atom is -0.455 e. The average molecular weight is 1000 g/mol. The number of alkyl halides is 3. The lowest BCUT2D eigenvalue weighted by Crippen LogP contribution is -2.47. The van der Waals surface area contributed by atoms with Crippen molar-refractivity contribution in [2.75, 3.05) is 88.9 Å². The van der Waals surface area contributed by atoms with E-state index in [1.54, 1.807) is 30.5 Å². The molecule has 8 rings (SSSR count). The molecule has 3 aromatic carbocycles. The van der Waals surface area contributed by atoms with E-state index in [9.17, 15) is 34.8 Å². The van der Waals surface area contributed by atoms with Gasteiger partial charge in [0.25, 0.3) is 25.8 Å². The molecular formula is C47H54ClF3N8O7S2. The molecule has 0 radical (unpaired) electrons. The molecule has 0 spiro atoms. The largest absolute Gasteiger partial charge is 0.501 e. The first-order valence-electron chi connectivity index (χ1n) is 22.4. The van der Waals surface area contributed by atoms with E-state index in [2.05, 4.69) is 49.0 Å². The second-order valence-corrected chi connectivity index (χ2v) is 21.7. The summed E-state index contributed by atoms with van der Waals surface area (Å²) in [5.41, 5.74) is 5.00. The standard InChI is InChI=1S/C47H54ClF3N8O7S2/c1-46(31-52)13-11-39(32-3-5-35(48)6-4-32)34(28-46)30-58-17-19-59(20-18-58)36-7-9-40(42(26-36)66-37-25-33-12-15-54-44(33)55-29-37)45(60)56-68(63,64)38-8-10-41(43(27-38)67(61,62)47(49,50)51)53-14-2-16-57-21-23-65-24-22-57/h3-10,12,15,25-27,29,53H,2,11,13-14,16-24,28,30-31,52H2,1H3,(H,54,55)(H,56,60)/t46-/m1/s1. The number of nitrogens with one attached hydrogen (secondary N) is 3. The number of sulfonamides is 1. The third-order valence-corrected chi connectivity index (χ3v) is 16.0. The van der Waals surface area contributed by atoms with Gasteiger partial charge in [-0.05, 0) is 110 Å². The van der Waals surface area contributed by atoms with E-state index in [-0.39, 0.29) is 29.0 Å². The molecule has 364 valence electrons. The Kier molecular flexibility index (Phi) is 14.8. The number of fused-ring (bicyclic) bond motifs is 1.